The second kappa shape index (κ2) is 8.52. The number of nitriles is 1. The Morgan fingerprint density at radius 2 is 2.11 bits per heavy atom. The van der Waals surface area contributed by atoms with E-state index in [4.69, 9.17) is 21.6 Å². The number of nitrogens with zero attached hydrogens (tertiary/aromatic N) is 1. The summed E-state index contributed by atoms with van der Waals surface area (Å²) in [5.74, 6) is -0.127. The third-order valence-electron chi connectivity index (χ3n) is 2.64. The number of hydrogen-bond donors (Lipinski definition) is 1. The number of rotatable bonds is 7. The molecule has 1 amide bonds. The van der Waals surface area contributed by atoms with Gasteiger partial charge in [-0.3, -0.25) is 4.79 Å². The lowest BCUT2D eigenvalue weighted by atomic mass is 10.1. The standard InChI is InChI=1S/C14H17ClN2O2/c1-19-9-3-2-4-14(18)17-13(10-16)11-5-7-12(15)8-6-11/h5-8,13H,2-4,9H2,1H3,(H,17,18)/t13-/m1/s1. The summed E-state index contributed by atoms with van der Waals surface area (Å²) >= 11 is 5.78. The summed E-state index contributed by atoms with van der Waals surface area (Å²) in [6.07, 6.45) is 1.98. The van der Waals surface area contributed by atoms with E-state index in [1.165, 1.54) is 0 Å². The molecular weight excluding hydrogens is 264 g/mol. The molecule has 0 spiro atoms. The molecule has 0 bridgehead atoms. The number of benzene rings is 1. The number of hydrogen-bond acceptors (Lipinski definition) is 3. The highest BCUT2D eigenvalue weighted by Gasteiger charge is 2.13. The number of halogens is 1. The normalized spacial score (nSPS) is 11.6. The Labute approximate surface area is 118 Å². The van der Waals surface area contributed by atoms with Crippen molar-refractivity contribution in [1.82, 2.24) is 5.32 Å². The molecule has 0 aliphatic heterocycles. The van der Waals surface area contributed by atoms with Crippen molar-refractivity contribution in [3.63, 3.8) is 0 Å². The van der Waals surface area contributed by atoms with Crippen LogP contribution >= 0.6 is 11.6 Å². The average Bonchev–Trinajstić information content (AvgIpc) is 2.42. The number of carbonyl (C=O) groups is 1. The van der Waals surface area contributed by atoms with Crippen molar-refractivity contribution in [3.05, 3.63) is 34.9 Å². The maximum atomic E-state index is 11.7. The lowest BCUT2D eigenvalue weighted by Gasteiger charge is -2.12. The maximum absolute atomic E-state index is 11.7. The molecule has 1 aromatic carbocycles. The number of unbranched alkanes of at least 4 members (excludes halogenated alkanes) is 1. The third-order valence-corrected chi connectivity index (χ3v) is 2.89. The molecule has 0 radical (unpaired) electrons. The molecule has 1 aromatic rings. The highest BCUT2D eigenvalue weighted by molar-refractivity contribution is 6.30. The Kier molecular flexibility index (Phi) is 6.94. The summed E-state index contributed by atoms with van der Waals surface area (Å²) in [5, 5.41) is 12.4. The smallest absolute Gasteiger partial charge is 0.221 e. The summed E-state index contributed by atoms with van der Waals surface area (Å²) in [4.78, 5) is 11.7. The molecule has 4 nitrogen and oxygen atoms in total. The summed E-state index contributed by atoms with van der Waals surface area (Å²) in [6, 6.07) is 8.31. The molecule has 0 aliphatic rings. The van der Waals surface area contributed by atoms with Crippen LogP contribution in [0.25, 0.3) is 0 Å². The van der Waals surface area contributed by atoms with Crippen molar-refractivity contribution < 1.29 is 9.53 Å². The van der Waals surface area contributed by atoms with E-state index in [0.717, 1.165) is 18.4 Å². The van der Waals surface area contributed by atoms with Crippen LogP contribution in [0.4, 0.5) is 0 Å². The van der Waals surface area contributed by atoms with Crippen LogP contribution in [-0.2, 0) is 9.53 Å². The van der Waals surface area contributed by atoms with Gasteiger partial charge in [0, 0.05) is 25.2 Å². The minimum absolute atomic E-state index is 0.127. The molecule has 0 fully saturated rings. The molecule has 102 valence electrons. The first-order valence-corrected chi connectivity index (χ1v) is 6.48. The molecule has 19 heavy (non-hydrogen) atoms. The van der Waals surface area contributed by atoms with E-state index in [1.807, 2.05) is 0 Å². The second-order valence-corrected chi connectivity index (χ2v) is 4.57. The van der Waals surface area contributed by atoms with Gasteiger partial charge in [0.05, 0.1) is 6.07 Å². The first-order chi connectivity index (χ1) is 9.17. The van der Waals surface area contributed by atoms with E-state index in [9.17, 15) is 4.79 Å². The fourth-order valence-corrected chi connectivity index (χ4v) is 1.74. The predicted octanol–water partition coefficient (Wildman–Crippen LogP) is 2.84. The van der Waals surface area contributed by atoms with Gasteiger partial charge in [0.25, 0.3) is 0 Å². The van der Waals surface area contributed by atoms with Crippen LogP contribution in [0.3, 0.4) is 0 Å². The van der Waals surface area contributed by atoms with Gasteiger partial charge >= 0.3 is 0 Å². The molecule has 1 rings (SSSR count). The number of carbonyl (C=O) groups excluding carboxylic acids is 1. The van der Waals surface area contributed by atoms with Crippen LogP contribution in [0.2, 0.25) is 5.02 Å². The largest absolute Gasteiger partial charge is 0.385 e. The monoisotopic (exact) mass is 280 g/mol. The van der Waals surface area contributed by atoms with Crippen LogP contribution in [0.15, 0.2) is 24.3 Å². The lowest BCUT2D eigenvalue weighted by molar-refractivity contribution is -0.121. The predicted molar refractivity (Wildman–Crippen MR) is 73.7 cm³/mol. The fourth-order valence-electron chi connectivity index (χ4n) is 1.61. The number of nitrogens with one attached hydrogen (secondary N) is 1. The van der Waals surface area contributed by atoms with Gasteiger partial charge in [-0.15, -0.1) is 0 Å². The van der Waals surface area contributed by atoms with Crippen LogP contribution < -0.4 is 5.32 Å². The molecule has 0 aliphatic carbocycles. The van der Waals surface area contributed by atoms with E-state index in [-0.39, 0.29) is 5.91 Å². The van der Waals surface area contributed by atoms with Gasteiger partial charge in [0.2, 0.25) is 5.91 Å². The minimum Gasteiger partial charge on any atom is -0.385 e. The highest BCUT2D eigenvalue weighted by atomic mass is 35.5. The molecular formula is C14H17ClN2O2. The maximum Gasteiger partial charge on any atom is 0.221 e. The van der Waals surface area contributed by atoms with Gasteiger partial charge in [0.15, 0.2) is 0 Å². The van der Waals surface area contributed by atoms with Gasteiger partial charge < -0.3 is 10.1 Å². The molecule has 1 atom stereocenters. The summed E-state index contributed by atoms with van der Waals surface area (Å²) in [6.45, 7) is 0.645. The van der Waals surface area contributed by atoms with Gasteiger partial charge in [-0.1, -0.05) is 23.7 Å². The van der Waals surface area contributed by atoms with E-state index in [2.05, 4.69) is 11.4 Å². The molecule has 0 heterocycles. The lowest BCUT2D eigenvalue weighted by Crippen LogP contribution is -2.27. The summed E-state index contributed by atoms with van der Waals surface area (Å²) in [5.41, 5.74) is 0.733. The molecule has 5 heteroatoms. The van der Waals surface area contributed by atoms with Crippen molar-refractivity contribution in [3.8, 4) is 6.07 Å². The van der Waals surface area contributed by atoms with E-state index in [0.29, 0.717) is 18.1 Å². The Hall–Kier alpha value is -1.57. The Bertz CT molecular complexity index is 440. The first-order valence-electron chi connectivity index (χ1n) is 6.10. The molecule has 0 saturated heterocycles. The molecule has 1 N–H and O–H groups in total. The van der Waals surface area contributed by atoms with Gasteiger partial charge in [0.1, 0.15) is 6.04 Å². The first kappa shape index (κ1) is 15.5. The second-order valence-electron chi connectivity index (χ2n) is 4.13. The zero-order valence-electron chi connectivity index (χ0n) is 10.9. The third kappa shape index (κ3) is 5.73. The van der Waals surface area contributed by atoms with Crippen molar-refractivity contribution >= 4 is 17.5 Å². The van der Waals surface area contributed by atoms with Crippen LogP contribution in [-0.4, -0.2) is 19.6 Å². The quantitative estimate of drug-likeness (QED) is 0.781. The van der Waals surface area contributed by atoms with Gasteiger partial charge in [-0.05, 0) is 30.5 Å². The Morgan fingerprint density at radius 1 is 1.42 bits per heavy atom. The van der Waals surface area contributed by atoms with Crippen molar-refractivity contribution in [2.45, 2.75) is 25.3 Å². The van der Waals surface area contributed by atoms with Crippen LogP contribution in [0, 0.1) is 11.3 Å². The van der Waals surface area contributed by atoms with Crippen LogP contribution in [0.1, 0.15) is 30.9 Å². The zero-order chi connectivity index (χ0) is 14.1. The van der Waals surface area contributed by atoms with Crippen molar-refractivity contribution in [1.29, 1.82) is 5.26 Å². The highest BCUT2D eigenvalue weighted by Crippen LogP contribution is 2.16. The average molecular weight is 281 g/mol. The zero-order valence-corrected chi connectivity index (χ0v) is 11.6. The minimum atomic E-state index is -0.632. The Morgan fingerprint density at radius 3 is 2.68 bits per heavy atom. The van der Waals surface area contributed by atoms with E-state index in [1.54, 1.807) is 31.4 Å². The molecule has 0 aromatic heterocycles. The molecule has 0 unspecified atom stereocenters. The van der Waals surface area contributed by atoms with Gasteiger partial charge in [-0.2, -0.15) is 5.26 Å². The number of ether oxygens (including phenoxy) is 1. The van der Waals surface area contributed by atoms with Crippen molar-refractivity contribution in [2.24, 2.45) is 0 Å². The van der Waals surface area contributed by atoms with Crippen LogP contribution in [0.5, 0.6) is 0 Å². The Balaban J connectivity index is 2.46. The SMILES string of the molecule is COCCCCC(=O)N[C@H](C#N)c1ccc(Cl)cc1. The summed E-state index contributed by atoms with van der Waals surface area (Å²) in [7, 11) is 1.63. The van der Waals surface area contributed by atoms with Crippen molar-refractivity contribution in [2.75, 3.05) is 13.7 Å². The number of methoxy groups -OCH3 is 1. The topological polar surface area (TPSA) is 62.1 Å². The summed E-state index contributed by atoms with van der Waals surface area (Å²) < 4.78 is 4.91. The number of amides is 1. The molecule has 0 saturated carbocycles. The van der Waals surface area contributed by atoms with E-state index < -0.39 is 6.04 Å². The fraction of sp³-hybridized carbons (Fsp3) is 0.429. The van der Waals surface area contributed by atoms with Gasteiger partial charge in [-0.25, -0.2) is 0 Å². The van der Waals surface area contributed by atoms with E-state index >= 15 is 0 Å².